The number of fused-ring (bicyclic) bond motifs is 1. The molecule has 2 saturated heterocycles. The van der Waals surface area contributed by atoms with Gasteiger partial charge >= 0.3 is 6.03 Å². The van der Waals surface area contributed by atoms with Gasteiger partial charge in [-0.15, -0.1) is 0 Å². The number of aryl methyl sites for hydroxylation is 2. The number of urea groups is 1. The number of amides is 3. The lowest BCUT2D eigenvalue weighted by Gasteiger charge is -2.32. The SMILES string of the molecule is CC1CCN(CN2C(=O)N[C@](C)(c3ccc4c(c3)CCC4)C2=O)CC1. The molecule has 0 aromatic heterocycles. The predicted octanol–water partition coefficient (Wildman–Crippen LogP) is 2.63. The summed E-state index contributed by atoms with van der Waals surface area (Å²) in [6.45, 7) is 6.40. The number of benzene rings is 1. The molecule has 3 amide bonds. The van der Waals surface area contributed by atoms with Crippen LogP contribution in [0.1, 0.15) is 49.8 Å². The second kappa shape index (κ2) is 6.13. The van der Waals surface area contributed by atoms with Gasteiger partial charge in [-0.05, 0) is 61.6 Å². The van der Waals surface area contributed by atoms with Crippen LogP contribution in [-0.2, 0) is 23.2 Å². The van der Waals surface area contributed by atoms with Crippen LogP contribution in [0.2, 0.25) is 0 Å². The Morgan fingerprint density at radius 2 is 1.88 bits per heavy atom. The van der Waals surface area contributed by atoms with Crippen LogP contribution in [0.4, 0.5) is 4.79 Å². The normalized spacial score (nSPS) is 27.7. The van der Waals surface area contributed by atoms with E-state index in [1.54, 1.807) is 0 Å². The van der Waals surface area contributed by atoms with Gasteiger partial charge in [-0.25, -0.2) is 9.69 Å². The Morgan fingerprint density at radius 1 is 1.16 bits per heavy atom. The van der Waals surface area contributed by atoms with E-state index in [1.165, 1.54) is 22.4 Å². The Morgan fingerprint density at radius 3 is 2.64 bits per heavy atom. The van der Waals surface area contributed by atoms with Crippen molar-refractivity contribution in [2.75, 3.05) is 19.8 Å². The van der Waals surface area contributed by atoms with Gasteiger partial charge in [0.25, 0.3) is 5.91 Å². The van der Waals surface area contributed by atoms with E-state index in [1.807, 2.05) is 13.0 Å². The highest BCUT2D eigenvalue weighted by Gasteiger charge is 2.49. The minimum Gasteiger partial charge on any atom is -0.319 e. The maximum absolute atomic E-state index is 13.1. The van der Waals surface area contributed by atoms with E-state index in [4.69, 9.17) is 0 Å². The van der Waals surface area contributed by atoms with E-state index in [0.717, 1.165) is 50.3 Å². The summed E-state index contributed by atoms with van der Waals surface area (Å²) in [6, 6.07) is 5.98. The molecule has 134 valence electrons. The average Bonchev–Trinajstić information content (AvgIpc) is 3.15. The van der Waals surface area contributed by atoms with E-state index < -0.39 is 5.54 Å². The van der Waals surface area contributed by atoms with Gasteiger partial charge in [0, 0.05) is 13.1 Å². The number of carbonyl (C=O) groups is 2. The molecule has 2 heterocycles. The number of nitrogens with one attached hydrogen (secondary N) is 1. The van der Waals surface area contributed by atoms with Crippen LogP contribution in [0.3, 0.4) is 0 Å². The first-order valence-electron chi connectivity index (χ1n) is 9.46. The minimum absolute atomic E-state index is 0.130. The van der Waals surface area contributed by atoms with Crippen molar-refractivity contribution in [3.05, 3.63) is 34.9 Å². The lowest BCUT2D eigenvalue weighted by molar-refractivity contribution is -0.132. The number of piperidine rings is 1. The van der Waals surface area contributed by atoms with Crippen molar-refractivity contribution >= 4 is 11.9 Å². The summed E-state index contributed by atoms with van der Waals surface area (Å²) in [5, 5.41) is 2.95. The zero-order chi connectivity index (χ0) is 17.6. The maximum atomic E-state index is 13.1. The largest absolute Gasteiger partial charge is 0.326 e. The lowest BCUT2D eigenvalue weighted by Crippen LogP contribution is -2.46. The van der Waals surface area contributed by atoms with Crippen molar-refractivity contribution in [2.45, 2.75) is 51.5 Å². The zero-order valence-corrected chi connectivity index (χ0v) is 15.2. The molecule has 0 bridgehead atoms. The van der Waals surface area contributed by atoms with E-state index in [-0.39, 0.29) is 11.9 Å². The van der Waals surface area contributed by atoms with Crippen LogP contribution in [-0.4, -0.2) is 41.5 Å². The smallest absolute Gasteiger partial charge is 0.319 e. The molecule has 1 aliphatic carbocycles. The van der Waals surface area contributed by atoms with E-state index in [9.17, 15) is 9.59 Å². The highest BCUT2D eigenvalue weighted by Crippen LogP contribution is 2.33. The fourth-order valence-corrected chi connectivity index (χ4v) is 4.31. The predicted molar refractivity (Wildman–Crippen MR) is 96.0 cm³/mol. The Bertz CT molecular complexity index is 709. The second-order valence-electron chi connectivity index (χ2n) is 8.07. The molecule has 1 aromatic carbocycles. The van der Waals surface area contributed by atoms with Crippen molar-refractivity contribution in [1.29, 1.82) is 0 Å². The Labute approximate surface area is 149 Å². The summed E-state index contributed by atoms with van der Waals surface area (Å²) < 4.78 is 0. The molecule has 2 fully saturated rings. The Balaban J connectivity index is 1.53. The summed E-state index contributed by atoms with van der Waals surface area (Å²) in [7, 11) is 0. The summed E-state index contributed by atoms with van der Waals surface area (Å²) in [6.07, 6.45) is 5.62. The van der Waals surface area contributed by atoms with Gasteiger partial charge in [-0.1, -0.05) is 25.1 Å². The van der Waals surface area contributed by atoms with Crippen LogP contribution in [0.25, 0.3) is 0 Å². The topological polar surface area (TPSA) is 52.6 Å². The summed E-state index contributed by atoms with van der Waals surface area (Å²) in [5.74, 6) is 0.602. The fourth-order valence-electron chi connectivity index (χ4n) is 4.31. The van der Waals surface area contributed by atoms with Gasteiger partial charge in [0.2, 0.25) is 0 Å². The monoisotopic (exact) mass is 341 g/mol. The van der Waals surface area contributed by atoms with Crippen molar-refractivity contribution < 1.29 is 9.59 Å². The van der Waals surface area contributed by atoms with E-state index in [0.29, 0.717) is 6.67 Å². The molecule has 0 spiro atoms. The average molecular weight is 341 g/mol. The van der Waals surface area contributed by atoms with Crippen LogP contribution in [0, 0.1) is 5.92 Å². The highest BCUT2D eigenvalue weighted by molar-refractivity contribution is 6.07. The van der Waals surface area contributed by atoms with Crippen molar-refractivity contribution in [3.63, 3.8) is 0 Å². The lowest BCUT2D eigenvalue weighted by atomic mass is 9.90. The van der Waals surface area contributed by atoms with Crippen molar-refractivity contribution in [3.8, 4) is 0 Å². The standard InChI is InChI=1S/C20H27N3O2/c1-14-8-10-22(11-9-14)13-23-18(24)20(2,21-19(23)25)17-7-6-15-4-3-5-16(15)12-17/h6-7,12,14H,3-5,8-11,13H2,1-2H3,(H,21,25)/t20-/m1/s1. The number of rotatable bonds is 3. The Kier molecular flexibility index (Phi) is 4.07. The first-order valence-corrected chi connectivity index (χ1v) is 9.46. The first-order chi connectivity index (χ1) is 12.0. The number of nitrogens with zero attached hydrogens (tertiary/aromatic N) is 2. The van der Waals surface area contributed by atoms with Crippen LogP contribution < -0.4 is 5.32 Å². The number of hydrogen-bond donors (Lipinski definition) is 1. The van der Waals surface area contributed by atoms with Crippen LogP contribution >= 0.6 is 0 Å². The fraction of sp³-hybridized carbons (Fsp3) is 0.600. The zero-order valence-electron chi connectivity index (χ0n) is 15.2. The van der Waals surface area contributed by atoms with E-state index >= 15 is 0 Å². The highest BCUT2D eigenvalue weighted by atomic mass is 16.2. The minimum atomic E-state index is -0.947. The Hall–Kier alpha value is -1.88. The third kappa shape index (κ3) is 2.84. The molecule has 1 N–H and O–H groups in total. The molecule has 25 heavy (non-hydrogen) atoms. The third-order valence-corrected chi connectivity index (χ3v) is 6.17. The quantitative estimate of drug-likeness (QED) is 0.860. The number of hydrogen-bond acceptors (Lipinski definition) is 3. The molecule has 0 radical (unpaired) electrons. The first kappa shape index (κ1) is 16.6. The number of imide groups is 1. The van der Waals surface area contributed by atoms with Gasteiger partial charge in [0.05, 0.1) is 6.67 Å². The molecule has 5 nitrogen and oxygen atoms in total. The molecule has 1 aromatic rings. The van der Waals surface area contributed by atoms with Gasteiger partial charge in [-0.3, -0.25) is 9.69 Å². The van der Waals surface area contributed by atoms with Gasteiger partial charge in [0.1, 0.15) is 5.54 Å². The molecule has 3 aliphatic rings. The number of likely N-dealkylation sites (tertiary alicyclic amines) is 1. The molecule has 0 saturated carbocycles. The molecular formula is C20H27N3O2. The van der Waals surface area contributed by atoms with Gasteiger partial charge in [-0.2, -0.15) is 0 Å². The van der Waals surface area contributed by atoms with Crippen LogP contribution in [0.5, 0.6) is 0 Å². The summed E-state index contributed by atoms with van der Waals surface area (Å²) in [5.41, 5.74) is 2.66. The van der Waals surface area contributed by atoms with Crippen LogP contribution in [0.15, 0.2) is 18.2 Å². The van der Waals surface area contributed by atoms with Gasteiger partial charge in [0.15, 0.2) is 0 Å². The third-order valence-electron chi connectivity index (χ3n) is 6.17. The molecular weight excluding hydrogens is 314 g/mol. The molecule has 1 atom stereocenters. The maximum Gasteiger partial charge on any atom is 0.326 e. The molecule has 2 aliphatic heterocycles. The molecule has 0 unspecified atom stereocenters. The number of carbonyl (C=O) groups excluding carboxylic acids is 2. The van der Waals surface area contributed by atoms with E-state index in [2.05, 4.69) is 29.3 Å². The second-order valence-corrected chi connectivity index (χ2v) is 8.07. The van der Waals surface area contributed by atoms with Gasteiger partial charge < -0.3 is 5.32 Å². The van der Waals surface area contributed by atoms with Crippen molar-refractivity contribution in [1.82, 2.24) is 15.1 Å². The summed E-state index contributed by atoms with van der Waals surface area (Å²) >= 11 is 0. The van der Waals surface area contributed by atoms with Crippen molar-refractivity contribution in [2.24, 2.45) is 5.92 Å². The molecule has 5 heteroatoms. The summed E-state index contributed by atoms with van der Waals surface area (Å²) in [4.78, 5) is 29.2. The molecule has 4 rings (SSSR count).